The van der Waals surface area contributed by atoms with Crippen LogP contribution in [0, 0.1) is 0 Å². The molecule has 0 heterocycles. The van der Waals surface area contributed by atoms with Crippen molar-refractivity contribution in [2.45, 2.75) is 48.4 Å². The molecule has 0 N–H and O–H groups in total. The van der Waals surface area contributed by atoms with Crippen molar-refractivity contribution in [2.24, 2.45) is 0 Å². The number of carbonyl (C=O) groups excluding carboxylic acids is 1. The van der Waals surface area contributed by atoms with Crippen LogP contribution in [0.2, 0.25) is 0 Å². The lowest BCUT2D eigenvalue weighted by Gasteiger charge is -2.29. The molecule has 0 aliphatic heterocycles. The Morgan fingerprint density at radius 1 is 1.57 bits per heavy atom. The van der Waals surface area contributed by atoms with E-state index in [0.29, 0.717) is 5.78 Å². The molecule has 1 rings (SSSR count). The standard InChI is InChI=1S/C12H17IO/c1-2-3-4-6-9-12(13)10-7-5-8-11(12)14/h3H,1,4-10H2. The van der Waals surface area contributed by atoms with Gasteiger partial charge in [0.1, 0.15) is 5.78 Å². The van der Waals surface area contributed by atoms with E-state index in [4.69, 9.17) is 0 Å². The van der Waals surface area contributed by atoms with Gasteiger partial charge in [-0.15, -0.1) is 5.73 Å². The zero-order valence-electron chi connectivity index (χ0n) is 8.52. The van der Waals surface area contributed by atoms with Crippen LogP contribution in [0.3, 0.4) is 0 Å². The van der Waals surface area contributed by atoms with Gasteiger partial charge in [0.05, 0.1) is 3.42 Å². The number of alkyl halides is 1. The Balaban J connectivity index is 2.39. The molecular weight excluding hydrogens is 287 g/mol. The van der Waals surface area contributed by atoms with Crippen LogP contribution in [0.1, 0.15) is 44.9 Å². The summed E-state index contributed by atoms with van der Waals surface area (Å²) in [4.78, 5) is 11.7. The largest absolute Gasteiger partial charge is 0.298 e. The molecule has 1 saturated carbocycles. The first kappa shape index (κ1) is 12.0. The van der Waals surface area contributed by atoms with Crippen molar-refractivity contribution in [3.8, 4) is 0 Å². The van der Waals surface area contributed by atoms with E-state index in [2.05, 4.69) is 34.9 Å². The summed E-state index contributed by atoms with van der Waals surface area (Å²) >= 11 is 2.37. The molecule has 14 heavy (non-hydrogen) atoms. The predicted molar refractivity (Wildman–Crippen MR) is 67.8 cm³/mol. The van der Waals surface area contributed by atoms with Crippen molar-refractivity contribution < 1.29 is 4.79 Å². The van der Waals surface area contributed by atoms with Crippen molar-refractivity contribution in [3.63, 3.8) is 0 Å². The molecule has 0 spiro atoms. The van der Waals surface area contributed by atoms with Crippen LogP contribution in [0.15, 0.2) is 18.4 Å². The lowest BCUT2D eigenvalue weighted by Crippen LogP contribution is -2.34. The number of hydrogen-bond acceptors (Lipinski definition) is 1. The van der Waals surface area contributed by atoms with Crippen molar-refractivity contribution in [1.29, 1.82) is 0 Å². The van der Waals surface area contributed by atoms with Gasteiger partial charge in [0.15, 0.2) is 0 Å². The number of rotatable bonds is 4. The first-order chi connectivity index (χ1) is 6.69. The number of hydrogen-bond donors (Lipinski definition) is 0. The second kappa shape index (κ2) is 5.72. The first-order valence-electron chi connectivity index (χ1n) is 5.25. The molecule has 0 radical (unpaired) electrons. The average Bonchev–Trinajstić information content (AvgIpc) is 2.18. The summed E-state index contributed by atoms with van der Waals surface area (Å²) in [5, 5.41) is 0. The van der Waals surface area contributed by atoms with E-state index in [1.807, 2.05) is 6.08 Å². The summed E-state index contributed by atoms with van der Waals surface area (Å²) in [5.74, 6) is 0.465. The highest BCUT2D eigenvalue weighted by molar-refractivity contribution is 14.1. The second-order valence-corrected chi connectivity index (χ2v) is 5.96. The van der Waals surface area contributed by atoms with E-state index < -0.39 is 0 Å². The predicted octanol–water partition coefficient (Wildman–Crippen LogP) is 3.81. The zero-order chi connectivity index (χ0) is 10.4. The highest BCUT2D eigenvalue weighted by atomic mass is 127. The molecule has 2 heteroatoms. The van der Waals surface area contributed by atoms with Gasteiger partial charge in [-0.25, -0.2) is 0 Å². The third kappa shape index (κ3) is 3.25. The maximum atomic E-state index is 11.7. The van der Waals surface area contributed by atoms with Crippen molar-refractivity contribution in [3.05, 3.63) is 18.4 Å². The molecule has 78 valence electrons. The monoisotopic (exact) mass is 304 g/mol. The molecule has 0 bridgehead atoms. The summed E-state index contributed by atoms with van der Waals surface area (Å²) in [6.07, 6.45) is 9.23. The Hall–Kier alpha value is -0.0800. The van der Waals surface area contributed by atoms with Crippen LogP contribution < -0.4 is 0 Å². The highest BCUT2D eigenvalue weighted by Crippen LogP contribution is 2.37. The molecular formula is C12H17IO. The number of carbonyl (C=O) groups is 1. The minimum Gasteiger partial charge on any atom is -0.298 e. The Bertz CT molecular complexity index is 253. The van der Waals surface area contributed by atoms with Crippen LogP contribution in [-0.4, -0.2) is 9.20 Å². The average molecular weight is 304 g/mol. The van der Waals surface area contributed by atoms with Crippen LogP contribution in [0.25, 0.3) is 0 Å². The molecule has 1 atom stereocenters. The van der Waals surface area contributed by atoms with E-state index >= 15 is 0 Å². The van der Waals surface area contributed by atoms with Gasteiger partial charge in [-0.1, -0.05) is 35.6 Å². The Morgan fingerprint density at radius 3 is 3.00 bits per heavy atom. The smallest absolute Gasteiger partial charge is 0.148 e. The summed E-state index contributed by atoms with van der Waals surface area (Å²) < 4.78 is -0.0506. The molecule has 0 aromatic heterocycles. The molecule has 0 aromatic rings. The van der Waals surface area contributed by atoms with Gasteiger partial charge in [-0.2, -0.15) is 0 Å². The van der Waals surface area contributed by atoms with Gasteiger partial charge in [-0.3, -0.25) is 4.79 Å². The summed E-state index contributed by atoms with van der Waals surface area (Å²) in [7, 11) is 0. The fourth-order valence-corrected chi connectivity index (χ4v) is 2.94. The van der Waals surface area contributed by atoms with Gasteiger partial charge in [-0.05, 0) is 38.2 Å². The first-order valence-corrected chi connectivity index (χ1v) is 6.33. The van der Waals surface area contributed by atoms with Gasteiger partial charge < -0.3 is 0 Å². The van der Waals surface area contributed by atoms with Crippen molar-refractivity contribution in [2.75, 3.05) is 0 Å². The quantitative estimate of drug-likeness (QED) is 0.334. The van der Waals surface area contributed by atoms with Crippen molar-refractivity contribution >= 4 is 28.4 Å². The molecule has 0 aromatic carbocycles. The van der Waals surface area contributed by atoms with Gasteiger partial charge in [0.2, 0.25) is 0 Å². The normalized spacial score (nSPS) is 27.1. The summed E-state index contributed by atoms with van der Waals surface area (Å²) in [6.45, 7) is 3.53. The lowest BCUT2D eigenvalue weighted by molar-refractivity contribution is -0.122. The van der Waals surface area contributed by atoms with E-state index in [1.54, 1.807) is 0 Å². The van der Waals surface area contributed by atoms with E-state index in [-0.39, 0.29) is 3.42 Å². The maximum absolute atomic E-state index is 11.7. The second-order valence-electron chi connectivity index (χ2n) is 3.90. The van der Waals surface area contributed by atoms with Crippen LogP contribution in [0.5, 0.6) is 0 Å². The SMILES string of the molecule is C=C=CCCCC1(I)CCCCC1=O. The molecule has 1 aliphatic rings. The molecule has 0 saturated heterocycles. The zero-order valence-corrected chi connectivity index (χ0v) is 10.7. The number of Topliss-reactive ketones (excluding diaryl/α,β-unsaturated/α-hetero) is 1. The molecule has 1 unspecified atom stereocenters. The topological polar surface area (TPSA) is 17.1 Å². The molecule has 1 nitrogen and oxygen atoms in total. The van der Waals surface area contributed by atoms with Crippen LogP contribution >= 0.6 is 22.6 Å². The number of ketones is 1. The fourth-order valence-electron chi connectivity index (χ4n) is 1.91. The fraction of sp³-hybridized carbons (Fsp3) is 0.667. The van der Waals surface area contributed by atoms with Gasteiger partial charge in [0.25, 0.3) is 0 Å². The van der Waals surface area contributed by atoms with E-state index in [9.17, 15) is 4.79 Å². The Labute approximate surface area is 99.8 Å². The summed E-state index contributed by atoms with van der Waals surface area (Å²) in [5.41, 5.74) is 2.77. The minimum atomic E-state index is -0.0506. The van der Waals surface area contributed by atoms with Crippen LogP contribution in [-0.2, 0) is 4.79 Å². The minimum absolute atomic E-state index is 0.0506. The van der Waals surface area contributed by atoms with Crippen LogP contribution in [0.4, 0.5) is 0 Å². The third-order valence-corrected chi connectivity index (χ3v) is 4.47. The lowest BCUT2D eigenvalue weighted by atomic mass is 9.84. The molecule has 1 aliphatic carbocycles. The third-order valence-electron chi connectivity index (χ3n) is 2.79. The Morgan fingerprint density at radius 2 is 2.36 bits per heavy atom. The number of allylic oxidation sites excluding steroid dienone is 1. The molecule has 0 amide bonds. The number of halogens is 1. The Kier molecular flexibility index (Phi) is 4.90. The van der Waals surface area contributed by atoms with Crippen molar-refractivity contribution in [1.82, 2.24) is 0 Å². The highest BCUT2D eigenvalue weighted by Gasteiger charge is 2.35. The molecule has 1 fully saturated rings. The summed E-state index contributed by atoms with van der Waals surface area (Å²) in [6, 6.07) is 0. The maximum Gasteiger partial charge on any atom is 0.148 e. The number of unbranched alkanes of at least 4 members (excludes halogenated alkanes) is 1. The van der Waals surface area contributed by atoms with Gasteiger partial charge >= 0.3 is 0 Å². The van der Waals surface area contributed by atoms with E-state index in [1.165, 1.54) is 6.42 Å². The van der Waals surface area contributed by atoms with Gasteiger partial charge in [0, 0.05) is 6.42 Å². The van der Waals surface area contributed by atoms with E-state index in [0.717, 1.165) is 38.5 Å².